The number of hydrogen-bond donors (Lipinski definition) is 1. The Balaban J connectivity index is 1.86. The molecule has 0 spiro atoms. The lowest BCUT2D eigenvalue weighted by atomic mass is 9.98. The van der Waals surface area contributed by atoms with Gasteiger partial charge in [0.2, 0.25) is 0 Å². The van der Waals surface area contributed by atoms with Gasteiger partial charge in [0.1, 0.15) is 11.6 Å². The molecule has 0 radical (unpaired) electrons. The first-order chi connectivity index (χ1) is 9.15. The number of hydrogen-bond acceptors (Lipinski definition) is 3. The van der Waals surface area contributed by atoms with Crippen molar-refractivity contribution in [3.63, 3.8) is 0 Å². The molecule has 0 aliphatic heterocycles. The van der Waals surface area contributed by atoms with Crippen molar-refractivity contribution in [2.24, 2.45) is 0 Å². The van der Waals surface area contributed by atoms with Gasteiger partial charge < -0.3 is 5.32 Å². The fraction of sp³-hybridized carbons (Fsp3) is 0.375. The lowest BCUT2D eigenvalue weighted by Crippen LogP contribution is -2.08. The summed E-state index contributed by atoms with van der Waals surface area (Å²) >= 11 is 0. The summed E-state index contributed by atoms with van der Waals surface area (Å²) in [7, 11) is 0. The minimum absolute atomic E-state index is 0.553. The quantitative estimate of drug-likeness (QED) is 0.885. The predicted octanol–water partition coefficient (Wildman–Crippen LogP) is 3.70. The van der Waals surface area contributed by atoms with E-state index in [1.54, 1.807) is 0 Å². The molecule has 0 aliphatic carbocycles. The van der Waals surface area contributed by atoms with Crippen LogP contribution in [0.1, 0.15) is 36.3 Å². The van der Waals surface area contributed by atoms with Gasteiger partial charge in [-0.3, -0.25) is 0 Å². The number of nitrogens with zero attached hydrogens (tertiary/aromatic N) is 2. The molecule has 1 unspecified atom stereocenters. The van der Waals surface area contributed by atoms with Gasteiger partial charge in [0, 0.05) is 18.3 Å². The molecule has 0 fully saturated rings. The molecule has 2 aromatic rings. The van der Waals surface area contributed by atoms with Crippen molar-refractivity contribution >= 4 is 5.82 Å². The fourth-order valence-electron chi connectivity index (χ4n) is 2.17. The summed E-state index contributed by atoms with van der Waals surface area (Å²) in [5.41, 5.74) is 2.39. The van der Waals surface area contributed by atoms with Crippen molar-refractivity contribution in [3.8, 4) is 0 Å². The zero-order valence-corrected chi connectivity index (χ0v) is 11.9. The third-order valence-corrected chi connectivity index (χ3v) is 3.22. The van der Waals surface area contributed by atoms with Crippen molar-refractivity contribution in [1.29, 1.82) is 0 Å². The van der Waals surface area contributed by atoms with E-state index in [1.165, 1.54) is 5.56 Å². The summed E-state index contributed by atoms with van der Waals surface area (Å²) in [6.07, 6.45) is 1.09. The van der Waals surface area contributed by atoms with Crippen LogP contribution < -0.4 is 5.32 Å². The van der Waals surface area contributed by atoms with Gasteiger partial charge in [-0.25, -0.2) is 9.97 Å². The van der Waals surface area contributed by atoms with E-state index >= 15 is 0 Å². The number of anilines is 1. The zero-order valence-electron chi connectivity index (χ0n) is 11.9. The summed E-state index contributed by atoms with van der Waals surface area (Å²) < 4.78 is 0. The molecule has 3 heteroatoms. The Hall–Kier alpha value is -1.90. The maximum atomic E-state index is 4.38. The van der Waals surface area contributed by atoms with Crippen LogP contribution in [0.25, 0.3) is 0 Å². The highest BCUT2D eigenvalue weighted by Gasteiger charge is 2.05. The molecular formula is C16H21N3. The van der Waals surface area contributed by atoms with Gasteiger partial charge >= 0.3 is 0 Å². The molecule has 1 heterocycles. The Morgan fingerprint density at radius 1 is 1.11 bits per heavy atom. The van der Waals surface area contributed by atoms with E-state index in [0.29, 0.717) is 5.92 Å². The van der Waals surface area contributed by atoms with E-state index in [4.69, 9.17) is 0 Å². The SMILES string of the molecule is Cc1cc(NCCC(C)c2ccccc2)nc(C)n1. The van der Waals surface area contributed by atoms with Crippen LogP contribution in [0.2, 0.25) is 0 Å². The Bertz CT molecular complexity index is 503. The highest BCUT2D eigenvalue weighted by molar-refractivity contribution is 5.35. The molecule has 0 saturated heterocycles. The number of rotatable bonds is 5. The van der Waals surface area contributed by atoms with Crippen LogP contribution in [-0.4, -0.2) is 16.5 Å². The first-order valence-electron chi connectivity index (χ1n) is 6.76. The molecule has 1 atom stereocenters. The van der Waals surface area contributed by atoms with Crippen LogP contribution in [-0.2, 0) is 0 Å². The second-order valence-corrected chi connectivity index (χ2v) is 4.97. The van der Waals surface area contributed by atoms with Crippen LogP contribution in [0, 0.1) is 13.8 Å². The number of aryl methyl sites for hydroxylation is 2. The van der Waals surface area contributed by atoms with Gasteiger partial charge in [0.05, 0.1) is 0 Å². The van der Waals surface area contributed by atoms with Gasteiger partial charge in [0.25, 0.3) is 0 Å². The van der Waals surface area contributed by atoms with E-state index in [1.807, 2.05) is 19.9 Å². The molecule has 3 nitrogen and oxygen atoms in total. The highest BCUT2D eigenvalue weighted by atomic mass is 15.0. The van der Waals surface area contributed by atoms with Crippen LogP contribution in [0.15, 0.2) is 36.4 Å². The lowest BCUT2D eigenvalue weighted by molar-refractivity contribution is 0.704. The van der Waals surface area contributed by atoms with Crippen LogP contribution in [0.3, 0.4) is 0 Å². The van der Waals surface area contributed by atoms with Crippen molar-refractivity contribution in [3.05, 3.63) is 53.5 Å². The summed E-state index contributed by atoms with van der Waals surface area (Å²) in [5, 5.41) is 3.38. The van der Waals surface area contributed by atoms with E-state index in [9.17, 15) is 0 Å². The van der Waals surface area contributed by atoms with E-state index in [2.05, 4.69) is 52.5 Å². The Kier molecular flexibility index (Phi) is 4.50. The van der Waals surface area contributed by atoms with Gasteiger partial charge in [-0.2, -0.15) is 0 Å². The van der Waals surface area contributed by atoms with Gasteiger partial charge in [-0.1, -0.05) is 37.3 Å². The molecule has 1 aromatic heterocycles. The molecule has 100 valence electrons. The van der Waals surface area contributed by atoms with Crippen molar-refractivity contribution in [2.75, 3.05) is 11.9 Å². The second-order valence-electron chi connectivity index (χ2n) is 4.97. The van der Waals surface area contributed by atoms with Crippen molar-refractivity contribution in [2.45, 2.75) is 33.1 Å². The molecule has 0 saturated carbocycles. The number of aromatic nitrogens is 2. The topological polar surface area (TPSA) is 37.8 Å². The first kappa shape index (κ1) is 13.5. The minimum Gasteiger partial charge on any atom is -0.370 e. The summed E-state index contributed by atoms with van der Waals surface area (Å²) in [6, 6.07) is 12.6. The first-order valence-corrected chi connectivity index (χ1v) is 6.76. The minimum atomic E-state index is 0.553. The molecule has 1 N–H and O–H groups in total. The average Bonchev–Trinajstić information content (AvgIpc) is 2.38. The third-order valence-electron chi connectivity index (χ3n) is 3.22. The molecule has 0 amide bonds. The standard InChI is InChI=1S/C16H21N3/c1-12(15-7-5-4-6-8-15)9-10-17-16-11-13(2)18-14(3)19-16/h4-8,11-12H,9-10H2,1-3H3,(H,17,18,19). The molecule has 19 heavy (non-hydrogen) atoms. The largest absolute Gasteiger partial charge is 0.370 e. The molecule has 0 bridgehead atoms. The third kappa shape index (κ3) is 4.05. The molecule has 2 rings (SSSR count). The monoisotopic (exact) mass is 255 g/mol. The van der Waals surface area contributed by atoms with E-state index in [0.717, 1.165) is 30.3 Å². The average molecular weight is 255 g/mol. The summed E-state index contributed by atoms with van der Waals surface area (Å²) in [5.74, 6) is 2.29. The van der Waals surface area contributed by atoms with Crippen molar-refractivity contribution in [1.82, 2.24) is 9.97 Å². The maximum absolute atomic E-state index is 4.38. The normalized spacial score (nSPS) is 12.2. The summed E-state index contributed by atoms with van der Waals surface area (Å²) in [4.78, 5) is 8.66. The number of nitrogens with one attached hydrogen (secondary N) is 1. The van der Waals surface area contributed by atoms with Gasteiger partial charge in [-0.15, -0.1) is 0 Å². The molecule has 0 aliphatic rings. The smallest absolute Gasteiger partial charge is 0.129 e. The highest BCUT2D eigenvalue weighted by Crippen LogP contribution is 2.18. The van der Waals surface area contributed by atoms with Crippen molar-refractivity contribution < 1.29 is 0 Å². The maximum Gasteiger partial charge on any atom is 0.129 e. The Labute approximate surface area is 115 Å². The second kappa shape index (κ2) is 6.32. The van der Waals surface area contributed by atoms with E-state index < -0.39 is 0 Å². The Morgan fingerprint density at radius 3 is 2.53 bits per heavy atom. The van der Waals surface area contributed by atoms with Gasteiger partial charge in [0.15, 0.2) is 0 Å². The fourth-order valence-corrected chi connectivity index (χ4v) is 2.17. The number of benzene rings is 1. The Morgan fingerprint density at radius 2 is 1.84 bits per heavy atom. The van der Waals surface area contributed by atoms with Crippen LogP contribution >= 0.6 is 0 Å². The summed E-state index contributed by atoms with van der Waals surface area (Å²) in [6.45, 7) is 7.09. The predicted molar refractivity (Wildman–Crippen MR) is 79.5 cm³/mol. The van der Waals surface area contributed by atoms with Gasteiger partial charge in [-0.05, 0) is 31.7 Å². The van der Waals surface area contributed by atoms with Crippen LogP contribution in [0.4, 0.5) is 5.82 Å². The van der Waals surface area contributed by atoms with E-state index in [-0.39, 0.29) is 0 Å². The lowest BCUT2D eigenvalue weighted by Gasteiger charge is -2.13. The molecule has 1 aromatic carbocycles. The zero-order chi connectivity index (χ0) is 13.7. The molecular weight excluding hydrogens is 234 g/mol. The van der Waals surface area contributed by atoms with Crippen LogP contribution in [0.5, 0.6) is 0 Å².